The molecule has 3 amide bonds. The van der Waals surface area contributed by atoms with Gasteiger partial charge in [0, 0.05) is 36.6 Å². The van der Waals surface area contributed by atoms with E-state index in [1.165, 1.54) is 67.2 Å². The number of fused-ring (bicyclic) bond motifs is 2. The highest BCUT2D eigenvalue weighted by molar-refractivity contribution is 7.19. The van der Waals surface area contributed by atoms with Crippen LogP contribution in [0.3, 0.4) is 0 Å². The average Bonchev–Trinajstić information content (AvgIpc) is 4.09. The summed E-state index contributed by atoms with van der Waals surface area (Å²) in [6.07, 6.45) is 12.2. The van der Waals surface area contributed by atoms with Crippen molar-refractivity contribution in [1.29, 1.82) is 0 Å². The topological polar surface area (TPSA) is 153 Å². The van der Waals surface area contributed by atoms with E-state index in [4.69, 9.17) is 19.5 Å². The highest BCUT2D eigenvalue weighted by Gasteiger charge is 2.46. The van der Waals surface area contributed by atoms with Crippen molar-refractivity contribution in [2.24, 2.45) is 16.8 Å². The highest BCUT2D eigenvalue weighted by Crippen LogP contribution is 2.58. The minimum absolute atomic E-state index is 0.00697. The molecule has 2 aliphatic carbocycles. The number of aliphatic imine (C=N–C) groups is 1. The molecule has 3 aliphatic heterocycles. The maximum absolute atomic E-state index is 13.8. The van der Waals surface area contributed by atoms with Crippen LogP contribution in [0.5, 0.6) is 0 Å². The van der Waals surface area contributed by atoms with E-state index in [-0.39, 0.29) is 53.5 Å². The molecule has 1 aromatic carbocycles. The number of carbonyl (C=O) groups is 3. The van der Waals surface area contributed by atoms with Crippen molar-refractivity contribution in [1.82, 2.24) is 35.7 Å². The Balaban J connectivity index is 1.03. The van der Waals surface area contributed by atoms with Gasteiger partial charge < -0.3 is 30.0 Å². The first-order valence-electron chi connectivity index (χ1n) is 21.9. The average molecular weight is 827 g/mol. The van der Waals surface area contributed by atoms with E-state index in [1.54, 1.807) is 5.56 Å². The summed E-state index contributed by atoms with van der Waals surface area (Å²) in [6, 6.07) is 8.53. The van der Waals surface area contributed by atoms with Crippen molar-refractivity contribution < 1.29 is 23.9 Å². The van der Waals surface area contributed by atoms with E-state index >= 15 is 0 Å². The smallest absolute Gasteiger partial charge is 0.407 e. The van der Waals surface area contributed by atoms with Crippen LogP contribution >= 0.6 is 11.3 Å². The number of imidazole rings is 1. The van der Waals surface area contributed by atoms with Crippen LogP contribution in [0.1, 0.15) is 114 Å². The van der Waals surface area contributed by atoms with Crippen molar-refractivity contribution in [3.63, 3.8) is 0 Å². The van der Waals surface area contributed by atoms with E-state index in [9.17, 15) is 14.4 Å². The van der Waals surface area contributed by atoms with Crippen LogP contribution in [0.4, 0.5) is 9.59 Å². The predicted molar refractivity (Wildman–Crippen MR) is 231 cm³/mol. The second-order valence-corrected chi connectivity index (χ2v) is 19.0. The summed E-state index contributed by atoms with van der Waals surface area (Å²) in [5.74, 6) is 0.897. The van der Waals surface area contributed by atoms with E-state index < -0.39 is 12.1 Å². The summed E-state index contributed by atoms with van der Waals surface area (Å²) in [5, 5.41) is 9.51. The summed E-state index contributed by atoms with van der Waals surface area (Å²) in [6.45, 7) is 11.3. The molecule has 2 saturated heterocycles. The standard InChI is InChI=1S/C45H62N8O5S/c1-26(2)33(50-43(55)57-5)25-52-21-9-11-34(52)40-46-23-31(48-40)28-13-15-29(16-14-28)38-36-30(17-20-45(36)18-7-8-19-45)39(59-38)32-24-47-41(49-32)35-12-10-22-53(35)42(54)37(27(3)4)51-44(56)58-6/h13-16,24,26-27,33-35,37,40,46H,7-12,17-23,25H2,1-6H3,(H,47,49)(H,50,55)(H,51,56). The normalized spacial score (nSPS) is 23.6. The highest BCUT2D eigenvalue weighted by atomic mass is 32.1. The number of H-pyrrole nitrogens is 1. The molecule has 1 spiro atoms. The number of nitrogens with zero attached hydrogens (tertiary/aromatic N) is 4. The van der Waals surface area contributed by atoms with Gasteiger partial charge in [0.1, 0.15) is 18.0 Å². The van der Waals surface area contributed by atoms with E-state index in [1.807, 2.05) is 36.3 Å². The zero-order chi connectivity index (χ0) is 41.4. The fraction of sp³-hybridized carbons (Fsp3) is 0.622. The molecule has 3 aromatic rings. The van der Waals surface area contributed by atoms with Gasteiger partial charge in [-0.25, -0.2) is 14.6 Å². The molecule has 5 atom stereocenters. The molecule has 4 N–H and O–H groups in total. The molecule has 1 saturated carbocycles. The Morgan fingerprint density at radius 2 is 1.61 bits per heavy atom. The molecule has 59 heavy (non-hydrogen) atoms. The summed E-state index contributed by atoms with van der Waals surface area (Å²) in [5.41, 5.74) is 7.76. The number of methoxy groups -OCH3 is 2. The minimum Gasteiger partial charge on any atom is -0.453 e. The van der Waals surface area contributed by atoms with Crippen molar-refractivity contribution in [2.45, 2.75) is 128 Å². The van der Waals surface area contributed by atoms with E-state index in [2.05, 4.69) is 63.9 Å². The van der Waals surface area contributed by atoms with Gasteiger partial charge in [-0.1, -0.05) is 64.8 Å². The van der Waals surface area contributed by atoms with Crippen LogP contribution in [0.2, 0.25) is 0 Å². The van der Waals surface area contributed by atoms with Gasteiger partial charge in [-0.05, 0) is 97.4 Å². The van der Waals surface area contributed by atoms with Gasteiger partial charge in [0.05, 0.1) is 42.7 Å². The zero-order valence-corrected chi connectivity index (χ0v) is 36.4. The Hall–Kier alpha value is -4.27. The number of ether oxygens (including phenoxy) is 2. The molecule has 14 heteroatoms. The largest absolute Gasteiger partial charge is 0.453 e. The molecule has 5 unspecified atom stereocenters. The molecule has 0 radical (unpaired) electrons. The number of hydrogen-bond donors (Lipinski definition) is 4. The number of nitrogens with one attached hydrogen (secondary N) is 4. The summed E-state index contributed by atoms with van der Waals surface area (Å²) in [7, 11) is 2.73. The number of aromatic amines is 1. The van der Waals surface area contributed by atoms with E-state index in [0.29, 0.717) is 6.54 Å². The molecule has 13 nitrogen and oxygen atoms in total. The van der Waals surface area contributed by atoms with Crippen LogP contribution in [0.25, 0.3) is 21.0 Å². The van der Waals surface area contributed by atoms with Crippen LogP contribution in [-0.2, 0) is 26.1 Å². The molecule has 2 aromatic heterocycles. The third kappa shape index (κ3) is 8.16. The second-order valence-electron chi connectivity index (χ2n) is 18.0. The third-order valence-electron chi connectivity index (χ3n) is 13.8. The molecule has 5 aliphatic rings. The van der Waals surface area contributed by atoms with Crippen LogP contribution in [0, 0.1) is 11.8 Å². The maximum Gasteiger partial charge on any atom is 0.407 e. The first kappa shape index (κ1) is 41.5. The Morgan fingerprint density at radius 1 is 0.898 bits per heavy atom. The summed E-state index contributed by atoms with van der Waals surface area (Å²) >= 11 is 1.88. The van der Waals surface area contributed by atoms with Crippen LogP contribution in [0.15, 0.2) is 35.5 Å². The van der Waals surface area contributed by atoms with Gasteiger partial charge in [0.25, 0.3) is 0 Å². The number of rotatable bonds is 12. The fourth-order valence-corrected chi connectivity index (χ4v) is 12.0. The zero-order valence-electron chi connectivity index (χ0n) is 35.6. The molecular formula is C45H62N8O5S. The van der Waals surface area contributed by atoms with Gasteiger partial charge in [0.15, 0.2) is 0 Å². The lowest BCUT2D eigenvalue weighted by Gasteiger charge is -2.33. The molecule has 5 heterocycles. The van der Waals surface area contributed by atoms with Gasteiger partial charge >= 0.3 is 12.2 Å². The van der Waals surface area contributed by atoms with Crippen molar-refractivity contribution in [3.05, 3.63) is 53.0 Å². The van der Waals surface area contributed by atoms with Crippen LogP contribution < -0.4 is 16.0 Å². The number of benzene rings is 1. The Morgan fingerprint density at radius 3 is 2.32 bits per heavy atom. The van der Waals surface area contributed by atoms with Gasteiger partial charge in [-0.15, -0.1) is 11.3 Å². The first-order chi connectivity index (χ1) is 28.5. The minimum atomic E-state index is -0.670. The van der Waals surface area contributed by atoms with Gasteiger partial charge in [-0.2, -0.15) is 0 Å². The Labute approximate surface area is 352 Å². The Kier molecular flexibility index (Phi) is 12.2. The number of amides is 3. The fourth-order valence-electron chi connectivity index (χ4n) is 10.5. The lowest BCUT2D eigenvalue weighted by Crippen LogP contribution is -2.51. The number of aromatic nitrogens is 2. The van der Waals surface area contributed by atoms with Crippen molar-refractivity contribution >= 4 is 35.1 Å². The molecule has 3 fully saturated rings. The number of hydrogen-bond acceptors (Lipinski definition) is 10. The SMILES string of the molecule is COC(=O)NC(CN1CCCC1C1N=C(c2ccc(-c3sc(-c4cnc(C5CCCN5C(=O)C(NC(=O)OC)C(C)C)[nH]4)c4c3C3(CCCC3)CC4)cc2)CN1)C(C)C. The Bertz CT molecular complexity index is 2030. The molecule has 318 valence electrons. The second kappa shape index (κ2) is 17.4. The lowest BCUT2D eigenvalue weighted by atomic mass is 9.79. The maximum atomic E-state index is 13.8. The quantitative estimate of drug-likeness (QED) is 0.150. The number of alkyl carbamates (subject to hydrolysis) is 2. The van der Waals surface area contributed by atoms with Crippen molar-refractivity contribution in [3.8, 4) is 21.0 Å². The lowest BCUT2D eigenvalue weighted by molar-refractivity contribution is -0.135. The predicted octanol–water partition coefficient (Wildman–Crippen LogP) is 7.17. The number of likely N-dealkylation sites (tertiary alicyclic amines) is 2. The molecule has 0 bridgehead atoms. The van der Waals surface area contributed by atoms with Gasteiger partial charge in [-0.3, -0.25) is 20.0 Å². The molecular weight excluding hydrogens is 765 g/mol. The molecule has 8 rings (SSSR count). The third-order valence-corrected chi connectivity index (χ3v) is 15.1. The van der Waals surface area contributed by atoms with Crippen molar-refractivity contribution in [2.75, 3.05) is 40.4 Å². The van der Waals surface area contributed by atoms with Crippen LogP contribution in [-0.4, -0.2) is 108 Å². The first-order valence-corrected chi connectivity index (χ1v) is 22.7. The van der Waals surface area contributed by atoms with Gasteiger partial charge in [0.2, 0.25) is 5.91 Å². The number of carbonyl (C=O) groups excluding carboxylic acids is 3. The summed E-state index contributed by atoms with van der Waals surface area (Å²) < 4.78 is 9.74. The monoisotopic (exact) mass is 826 g/mol. The van der Waals surface area contributed by atoms with E-state index in [0.717, 1.165) is 74.5 Å². The summed E-state index contributed by atoms with van der Waals surface area (Å²) in [4.78, 5) is 58.9. The number of thiophene rings is 1.